The minimum Gasteiger partial charge on any atom is -0.395 e. The van der Waals surface area contributed by atoms with Gasteiger partial charge in [0.2, 0.25) is 0 Å². The van der Waals surface area contributed by atoms with Gasteiger partial charge in [0.05, 0.1) is 29.1 Å². The molecule has 2 N–H and O–H groups in total. The Morgan fingerprint density at radius 1 is 1.33 bits per heavy atom. The number of nitrogens with zero attached hydrogens (tertiary/aromatic N) is 3. The Morgan fingerprint density at radius 3 is 2.67 bits per heavy atom. The number of anilines is 1. The molecule has 0 bridgehead atoms. The largest absolute Gasteiger partial charge is 0.395 e. The Labute approximate surface area is 146 Å². The number of aryl methyl sites for hydroxylation is 1. The summed E-state index contributed by atoms with van der Waals surface area (Å²) in [5.74, 6) is 1.54. The molecule has 1 unspecified atom stereocenters. The molecule has 0 aliphatic carbocycles. The summed E-state index contributed by atoms with van der Waals surface area (Å²) >= 11 is 0. The van der Waals surface area contributed by atoms with Crippen LogP contribution in [-0.4, -0.2) is 51.4 Å². The molecule has 2 aromatic rings. The van der Waals surface area contributed by atoms with Gasteiger partial charge in [0, 0.05) is 32.6 Å². The van der Waals surface area contributed by atoms with Gasteiger partial charge in [0.25, 0.3) is 0 Å². The Kier molecular flexibility index (Phi) is 6.01. The van der Waals surface area contributed by atoms with Crippen LogP contribution in [0.15, 0.2) is 18.2 Å². The highest BCUT2D eigenvalue weighted by molar-refractivity contribution is 7.86. The maximum atomic E-state index is 12.4. The van der Waals surface area contributed by atoms with Crippen LogP contribution in [0, 0.1) is 0 Å². The third-order valence-corrected chi connectivity index (χ3v) is 5.32. The molecule has 134 valence electrons. The van der Waals surface area contributed by atoms with Gasteiger partial charge in [0.15, 0.2) is 0 Å². The van der Waals surface area contributed by atoms with Crippen molar-refractivity contribution in [3.8, 4) is 0 Å². The van der Waals surface area contributed by atoms with Crippen LogP contribution >= 0.6 is 0 Å². The molecule has 0 saturated heterocycles. The van der Waals surface area contributed by atoms with Gasteiger partial charge in [-0.15, -0.1) is 0 Å². The molecule has 1 heterocycles. The summed E-state index contributed by atoms with van der Waals surface area (Å²) in [6, 6.07) is 6.00. The number of aliphatic hydroxyl groups excluding tert-OH is 1. The Bertz CT molecular complexity index is 721. The van der Waals surface area contributed by atoms with Gasteiger partial charge in [-0.25, -0.2) is 9.19 Å². The van der Waals surface area contributed by atoms with Crippen LogP contribution in [-0.2, 0) is 23.4 Å². The normalized spacial score (nSPS) is 13.4. The van der Waals surface area contributed by atoms with E-state index in [0.717, 1.165) is 22.5 Å². The molecular formula is C17H28N4O2S. The van der Waals surface area contributed by atoms with E-state index in [4.69, 9.17) is 10.1 Å². The third-order valence-electron chi connectivity index (χ3n) is 3.95. The van der Waals surface area contributed by atoms with E-state index < -0.39 is 11.0 Å². The standard InChI is InChI=1S/C17H28N4O2S/c1-17(2,3)16-19-14-12-13(6-7-15(14)20(16)4)21(5)24(23)11-9-18-8-10-22/h6-7,12,18,22H,8-11H2,1-5H3. The Hall–Kier alpha value is -1.44. The van der Waals surface area contributed by atoms with Gasteiger partial charge in [-0.05, 0) is 18.2 Å². The van der Waals surface area contributed by atoms with Gasteiger partial charge in [0.1, 0.15) is 16.8 Å². The van der Waals surface area contributed by atoms with E-state index in [9.17, 15) is 4.21 Å². The van der Waals surface area contributed by atoms with Gasteiger partial charge in [-0.1, -0.05) is 20.8 Å². The third kappa shape index (κ3) is 4.15. The molecule has 0 aliphatic rings. The van der Waals surface area contributed by atoms with Gasteiger partial charge >= 0.3 is 0 Å². The van der Waals surface area contributed by atoms with Crippen LogP contribution < -0.4 is 9.62 Å². The fourth-order valence-corrected chi connectivity index (χ4v) is 3.61. The SMILES string of the molecule is CN(c1ccc2c(c1)nc(C(C)(C)C)n2C)S(=O)CCNCCO. The Balaban J connectivity index is 2.19. The number of hydrogen-bond donors (Lipinski definition) is 2. The van der Waals surface area contributed by atoms with Crippen molar-refractivity contribution in [1.82, 2.24) is 14.9 Å². The number of nitrogens with one attached hydrogen (secondary N) is 1. The molecule has 24 heavy (non-hydrogen) atoms. The molecule has 0 aliphatic heterocycles. The topological polar surface area (TPSA) is 70.4 Å². The zero-order valence-electron chi connectivity index (χ0n) is 15.2. The molecule has 0 spiro atoms. The van der Waals surface area contributed by atoms with Crippen LogP contribution in [0.2, 0.25) is 0 Å². The molecule has 0 radical (unpaired) electrons. The zero-order chi connectivity index (χ0) is 17.9. The van der Waals surface area contributed by atoms with Crippen molar-refractivity contribution >= 4 is 27.7 Å². The summed E-state index contributed by atoms with van der Waals surface area (Å²) in [6.07, 6.45) is 0. The predicted molar refractivity (Wildman–Crippen MR) is 101 cm³/mol. The monoisotopic (exact) mass is 352 g/mol. The maximum Gasteiger partial charge on any atom is 0.120 e. The lowest BCUT2D eigenvalue weighted by atomic mass is 9.96. The Morgan fingerprint density at radius 2 is 2.04 bits per heavy atom. The summed E-state index contributed by atoms with van der Waals surface area (Å²) in [5, 5.41) is 11.8. The first-order valence-electron chi connectivity index (χ1n) is 8.16. The van der Waals surface area contributed by atoms with Crippen molar-refractivity contribution in [2.24, 2.45) is 7.05 Å². The van der Waals surface area contributed by atoms with Crippen molar-refractivity contribution in [3.05, 3.63) is 24.0 Å². The molecule has 6 nitrogen and oxygen atoms in total. The van der Waals surface area contributed by atoms with E-state index in [1.165, 1.54) is 0 Å². The minimum absolute atomic E-state index is 0.0268. The van der Waals surface area contributed by atoms with Crippen LogP contribution in [0.5, 0.6) is 0 Å². The van der Waals surface area contributed by atoms with Crippen LogP contribution in [0.1, 0.15) is 26.6 Å². The number of fused-ring (bicyclic) bond motifs is 1. The van der Waals surface area contributed by atoms with E-state index in [-0.39, 0.29) is 12.0 Å². The average Bonchev–Trinajstić information content (AvgIpc) is 2.87. The van der Waals surface area contributed by atoms with Crippen molar-refractivity contribution in [2.75, 3.05) is 36.8 Å². The predicted octanol–water partition coefficient (Wildman–Crippen LogP) is 1.55. The fraction of sp³-hybridized carbons (Fsp3) is 0.588. The van der Waals surface area contributed by atoms with Gasteiger partial charge < -0.3 is 15.0 Å². The molecule has 0 saturated carbocycles. The maximum absolute atomic E-state index is 12.4. The molecular weight excluding hydrogens is 324 g/mol. The number of hydrogen-bond acceptors (Lipinski definition) is 4. The first-order chi connectivity index (χ1) is 11.3. The lowest BCUT2D eigenvalue weighted by molar-refractivity contribution is 0.293. The van der Waals surface area contributed by atoms with E-state index in [1.807, 2.05) is 32.3 Å². The van der Waals surface area contributed by atoms with Gasteiger partial charge in [-0.2, -0.15) is 0 Å². The summed E-state index contributed by atoms with van der Waals surface area (Å²) < 4.78 is 16.3. The highest BCUT2D eigenvalue weighted by Gasteiger charge is 2.21. The van der Waals surface area contributed by atoms with Crippen molar-refractivity contribution < 1.29 is 9.32 Å². The van der Waals surface area contributed by atoms with Crippen LogP contribution in [0.25, 0.3) is 11.0 Å². The smallest absolute Gasteiger partial charge is 0.120 e. The number of rotatable bonds is 7. The molecule has 0 fully saturated rings. The summed E-state index contributed by atoms with van der Waals surface area (Å²) in [4.78, 5) is 4.77. The highest BCUT2D eigenvalue weighted by Crippen LogP contribution is 2.28. The van der Waals surface area contributed by atoms with Crippen LogP contribution in [0.4, 0.5) is 5.69 Å². The average molecular weight is 353 g/mol. The first-order valence-corrected chi connectivity index (χ1v) is 9.44. The first kappa shape index (κ1) is 18.9. The molecule has 7 heteroatoms. The fourth-order valence-electron chi connectivity index (χ4n) is 2.67. The number of aliphatic hydroxyl groups is 1. The van der Waals surface area contributed by atoms with Gasteiger partial charge in [-0.3, -0.25) is 4.31 Å². The number of imidazole rings is 1. The van der Waals surface area contributed by atoms with E-state index in [1.54, 1.807) is 4.31 Å². The molecule has 1 aromatic carbocycles. The number of benzene rings is 1. The number of aromatic nitrogens is 2. The summed E-state index contributed by atoms with van der Waals surface area (Å²) in [5.41, 5.74) is 2.86. The molecule has 1 aromatic heterocycles. The summed E-state index contributed by atoms with van der Waals surface area (Å²) in [6.45, 7) is 7.67. The second kappa shape index (κ2) is 7.63. The van der Waals surface area contributed by atoms with Crippen molar-refractivity contribution in [2.45, 2.75) is 26.2 Å². The van der Waals surface area contributed by atoms with E-state index in [2.05, 4.69) is 30.7 Å². The van der Waals surface area contributed by atoms with E-state index in [0.29, 0.717) is 18.8 Å². The lowest BCUT2D eigenvalue weighted by Gasteiger charge is -2.18. The molecule has 1 atom stereocenters. The molecule has 0 amide bonds. The zero-order valence-corrected chi connectivity index (χ0v) is 16.0. The van der Waals surface area contributed by atoms with Crippen molar-refractivity contribution in [1.29, 1.82) is 0 Å². The van der Waals surface area contributed by atoms with Crippen molar-refractivity contribution in [3.63, 3.8) is 0 Å². The second-order valence-electron chi connectivity index (χ2n) is 6.91. The summed E-state index contributed by atoms with van der Waals surface area (Å²) in [7, 11) is 2.74. The minimum atomic E-state index is -1.12. The van der Waals surface area contributed by atoms with Crippen LogP contribution in [0.3, 0.4) is 0 Å². The molecule has 2 rings (SSSR count). The second-order valence-corrected chi connectivity index (χ2v) is 8.51. The lowest BCUT2D eigenvalue weighted by Crippen LogP contribution is -2.30. The highest BCUT2D eigenvalue weighted by atomic mass is 32.2. The van der Waals surface area contributed by atoms with E-state index >= 15 is 0 Å². The quantitative estimate of drug-likeness (QED) is 0.742.